The summed E-state index contributed by atoms with van der Waals surface area (Å²) < 4.78 is 0.614. The van der Waals surface area contributed by atoms with Crippen molar-refractivity contribution in [2.75, 3.05) is 19.4 Å². The van der Waals surface area contributed by atoms with E-state index in [-0.39, 0.29) is 11.8 Å². The zero-order chi connectivity index (χ0) is 15.4. The lowest BCUT2D eigenvalue weighted by Crippen LogP contribution is -2.22. The van der Waals surface area contributed by atoms with Gasteiger partial charge in [-0.05, 0) is 46.3 Å². The molecule has 0 bridgehead atoms. The number of carbonyl (C=O) groups excluding carboxylic acids is 2. The largest absolute Gasteiger partial charge is 0.345 e. The van der Waals surface area contributed by atoms with Crippen LogP contribution < -0.4 is 5.32 Å². The van der Waals surface area contributed by atoms with Gasteiger partial charge in [0.1, 0.15) is 5.69 Å². The number of nitrogens with one attached hydrogen (secondary N) is 1. The molecule has 0 unspecified atom stereocenters. The molecular formula is C15H14BrN3O2. The van der Waals surface area contributed by atoms with Crippen molar-refractivity contribution in [1.29, 1.82) is 0 Å². The zero-order valence-corrected chi connectivity index (χ0v) is 13.2. The first kappa shape index (κ1) is 15.2. The lowest BCUT2D eigenvalue weighted by Gasteiger charge is -2.11. The van der Waals surface area contributed by atoms with Crippen LogP contribution in [0.25, 0.3) is 0 Å². The highest BCUT2D eigenvalue weighted by Gasteiger charge is 2.13. The average molecular weight is 348 g/mol. The highest BCUT2D eigenvalue weighted by Crippen LogP contribution is 2.17. The summed E-state index contributed by atoms with van der Waals surface area (Å²) in [5, 5.41) is 2.73. The molecule has 0 spiro atoms. The van der Waals surface area contributed by atoms with Gasteiger partial charge in [-0.2, -0.15) is 0 Å². The lowest BCUT2D eigenvalue weighted by atomic mass is 10.2. The minimum absolute atomic E-state index is 0.120. The van der Waals surface area contributed by atoms with E-state index in [0.29, 0.717) is 21.4 Å². The van der Waals surface area contributed by atoms with Crippen LogP contribution in [0.1, 0.15) is 20.8 Å². The Morgan fingerprint density at radius 3 is 2.62 bits per heavy atom. The van der Waals surface area contributed by atoms with Crippen molar-refractivity contribution in [2.45, 2.75) is 0 Å². The predicted molar refractivity (Wildman–Crippen MR) is 84.3 cm³/mol. The first-order valence-corrected chi connectivity index (χ1v) is 7.02. The van der Waals surface area contributed by atoms with E-state index >= 15 is 0 Å². The van der Waals surface area contributed by atoms with Crippen molar-refractivity contribution >= 4 is 33.4 Å². The molecule has 2 aromatic rings. The molecule has 6 heteroatoms. The molecule has 2 amide bonds. The monoisotopic (exact) mass is 347 g/mol. The van der Waals surface area contributed by atoms with Crippen LogP contribution in [0.3, 0.4) is 0 Å². The summed E-state index contributed by atoms with van der Waals surface area (Å²) >= 11 is 3.28. The van der Waals surface area contributed by atoms with Crippen molar-refractivity contribution in [3.8, 4) is 0 Å². The smallest absolute Gasteiger partial charge is 0.275 e. The van der Waals surface area contributed by atoms with Gasteiger partial charge in [0.2, 0.25) is 0 Å². The summed E-state index contributed by atoms with van der Waals surface area (Å²) in [5.41, 5.74) is 1.35. The molecular weight excluding hydrogens is 334 g/mol. The number of benzene rings is 1. The third kappa shape index (κ3) is 3.66. The van der Waals surface area contributed by atoms with Gasteiger partial charge in [-0.3, -0.25) is 9.59 Å². The number of hydrogen-bond donors (Lipinski definition) is 1. The first-order chi connectivity index (χ1) is 9.99. The van der Waals surface area contributed by atoms with Gasteiger partial charge in [-0.1, -0.05) is 6.07 Å². The molecule has 0 saturated carbocycles. The molecule has 0 fully saturated rings. The summed E-state index contributed by atoms with van der Waals surface area (Å²) in [4.78, 5) is 29.6. The molecule has 1 aromatic carbocycles. The number of carbonyl (C=O) groups is 2. The molecule has 1 heterocycles. The molecule has 5 nitrogen and oxygen atoms in total. The minimum atomic E-state index is -0.336. The maximum absolute atomic E-state index is 12.2. The summed E-state index contributed by atoms with van der Waals surface area (Å²) in [5.74, 6) is -0.456. The van der Waals surface area contributed by atoms with E-state index in [9.17, 15) is 9.59 Å². The highest BCUT2D eigenvalue weighted by atomic mass is 79.9. The van der Waals surface area contributed by atoms with E-state index < -0.39 is 0 Å². The fourth-order valence-electron chi connectivity index (χ4n) is 1.73. The summed E-state index contributed by atoms with van der Waals surface area (Å²) in [6.07, 6.45) is 1.55. The number of rotatable bonds is 3. The summed E-state index contributed by atoms with van der Waals surface area (Å²) in [6.45, 7) is 0. The predicted octanol–water partition coefficient (Wildman–Crippen LogP) is 2.80. The molecule has 108 valence electrons. The van der Waals surface area contributed by atoms with Crippen molar-refractivity contribution in [2.24, 2.45) is 0 Å². The van der Waals surface area contributed by atoms with Gasteiger partial charge in [0.25, 0.3) is 11.8 Å². The maximum atomic E-state index is 12.2. The van der Waals surface area contributed by atoms with Crippen LogP contribution in [0, 0.1) is 0 Å². The third-order valence-electron chi connectivity index (χ3n) is 2.75. The Labute approximate surface area is 131 Å². The molecule has 1 aromatic heterocycles. The van der Waals surface area contributed by atoms with Gasteiger partial charge in [0.15, 0.2) is 0 Å². The Bertz CT molecular complexity index is 686. The molecule has 0 radical (unpaired) electrons. The van der Waals surface area contributed by atoms with Gasteiger partial charge < -0.3 is 10.2 Å². The van der Waals surface area contributed by atoms with E-state index in [2.05, 4.69) is 26.2 Å². The number of aromatic nitrogens is 1. The standard InChI is InChI=1S/C15H14BrN3O2/c1-19(2)15(21)10-5-3-6-11(9-10)18-14(20)13-12(16)7-4-8-17-13/h3-9H,1-2H3,(H,18,20). The SMILES string of the molecule is CN(C)C(=O)c1cccc(NC(=O)c2ncccc2Br)c1. The van der Waals surface area contributed by atoms with Gasteiger partial charge >= 0.3 is 0 Å². The fourth-order valence-corrected chi connectivity index (χ4v) is 2.17. The first-order valence-electron chi connectivity index (χ1n) is 6.22. The second-order valence-electron chi connectivity index (χ2n) is 4.57. The van der Waals surface area contributed by atoms with E-state index in [0.717, 1.165) is 0 Å². The topological polar surface area (TPSA) is 62.3 Å². The second-order valence-corrected chi connectivity index (χ2v) is 5.42. The van der Waals surface area contributed by atoms with Crippen LogP contribution in [0.5, 0.6) is 0 Å². The van der Waals surface area contributed by atoms with Crippen LogP contribution in [0.15, 0.2) is 47.1 Å². The van der Waals surface area contributed by atoms with E-state index in [1.807, 2.05) is 0 Å². The Morgan fingerprint density at radius 1 is 1.19 bits per heavy atom. The van der Waals surface area contributed by atoms with Crippen LogP contribution in [-0.4, -0.2) is 35.8 Å². The van der Waals surface area contributed by atoms with Crippen LogP contribution in [0.2, 0.25) is 0 Å². The van der Waals surface area contributed by atoms with Gasteiger partial charge in [-0.15, -0.1) is 0 Å². The summed E-state index contributed by atoms with van der Waals surface area (Å²) in [6, 6.07) is 10.3. The van der Waals surface area contributed by atoms with Crippen molar-refractivity contribution in [3.05, 3.63) is 58.3 Å². The number of pyridine rings is 1. The van der Waals surface area contributed by atoms with Crippen LogP contribution in [-0.2, 0) is 0 Å². The Morgan fingerprint density at radius 2 is 1.95 bits per heavy atom. The Kier molecular flexibility index (Phi) is 4.70. The number of halogens is 1. The van der Waals surface area contributed by atoms with Crippen molar-refractivity contribution in [1.82, 2.24) is 9.88 Å². The van der Waals surface area contributed by atoms with E-state index in [1.54, 1.807) is 56.7 Å². The van der Waals surface area contributed by atoms with Gasteiger partial charge in [0.05, 0.1) is 0 Å². The quantitative estimate of drug-likeness (QED) is 0.928. The normalized spacial score (nSPS) is 10.0. The lowest BCUT2D eigenvalue weighted by molar-refractivity contribution is 0.0827. The van der Waals surface area contributed by atoms with Gasteiger partial charge in [-0.25, -0.2) is 4.98 Å². The van der Waals surface area contributed by atoms with Gasteiger partial charge in [0, 0.05) is 36.0 Å². The van der Waals surface area contributed by atoms with E-state index in [1.165, 1.54) is 4.90 Å². The number of nitrogens with zero attached hydrogens (tertiary/aromatic N) is 2. The Hall–Kier alpha value is -2.21. The van der Waals surface area contributed by atoms with Crippen LogP contribution >= 0.6 is 15.9 Å². The molecule has 0 aliphatic heterocycles. The van der Waals surface area contributed by atoms with Crippen molar-refractivity contribution < 1.29 is 9.59 Å². The third-order valence-corrected chi connectivity index (χ3v) is 3.39. The minimum Gasteiger partial charge on any atom is -0.345 e. The molecule has 0 aliphatic carbocycles. The molecule has 0 aliphatic rings. The number of anilines is 1. The second kappa shape index (κ2) is 6.49. The molecule has 0 saturated heterocycles. The zero-order valence-electron chi connectivity index (χ0n) is 11.6. The molecule has 0 atom stereocenters. The van der Waals surface area contributed by atoms with Crippen LogP contribution in [0.4, 0.5) is 5.69 Å². The molecule has 2 rings (SSSR count). The Balaban J connectivity index is 2.21. The summed E-state index contributed by atoms with van der Waals surface area (Å²) in [7, 11) is 3.36. The maximum Gasteiger partial charge on any atom is 0.275 e. The fraction of sp³-hybridized carbons (Fsp3) is 0.133. The molecule has 1 N–H and O–H groups in total. The van der Waals surface area contributed by atoms with E-state index in [4.69, 9.17) is 0 Å². The average Bonchev–Trinajstić information content (AvgIpc) is 2.47. The van der Waals surface area contributed by atoms with Crippen molar-refractivity contribution in [3.63, 3.8) is 0 Å². The number of amides is 2. The molecule has 21 heavy (non-hydrogen) atoms. The number of hydrogen-bond acceptors (Lipinski definition) is 3. The highest BCUT2D eigenvalue weighted by molar-refractivity contribution is 9.10.